The second-order valence-corrected chi connectivity index (χ2v) is 4.11. The van der Waals surface area contributed by atoms with Crippen molar-refractivity contribution in [3.8, 4) is 11.3 Å². The van der Waals surface area contributed by atoms with Crippen molar-refractivity contribution in [2.24, 2.45) is 0 Å². The molecule has 0 atom stereocenters. The number of anilines is 1. The molecular weight excluding hydrogens is 259 g/mol. The zero-order valence-electron chi connectivity index (χ0n) is 11.6. The van der Waals surface area contributed by atoms with Crippen molar-refractivity contribution < 1.29 is 9.13 Å². The number of hydrogen-bond donors (Lipinski definition) is 1. The van der Waals surface area contributed by atoms with Crippen LogP contribution >= 0.6 is 0 Å². The first kappa shape index (κ1) is 14.3. The molecule has 0 radical (unpaired) electrons. The molecule has 2 rings (SSSR count). The van der Waals surface area contributed by atoms with E-state index in [4.69, 9.17) is 4.74 Å². The molecule has 1 N–H and O–H groups in total. The van der Waals surface area contributed by atoms with Gasteiger partial charge in [0.1, 0.15) is 18.2 Å². The van der Waals surface area contributed by atoms with Gasteiger partial charge in [-0.15, -0.1) is 0 Å². The predicted molar refractivity (Wildman–Crippen MR) is 74.7 cm³/mol. The topological polar surface area (TPSA) is 59.9 Å². The van der Waals surface area contributed by atoms with E-state index in [-0.39, 0.29) is 0 Å². The van der Waals surface area contributed by atoms with Crippen LogP contribution in [0.25, 0.3) is 11.3 Å². The molecule has 0 saturated carbocycles. The van der Waals surface area contributed by atoms with Crippen LogP contribution in [0.1, 0.15) is 19.7 Å². The maximum absolute atomic E-state index is 13.3. The van der Waals surface area contributed by atoms with Crippen molar-refractivity contribution in [2.75, 3.05) is 18.5 Å². The van der Waals surface area contributed by atoms with E-state index in [0.717, 1.165) is 12.7 Å². The van der Waals surface area contributed by atoms with Gasteiger partial charge in [0.05, 0.1) is 11.9 Å². The predicted octanol–water partition coefficient (Wildman–Crippen LogP) is 2.65. The molecule has 0 aliphatic heterocycles. The molecular formula is C14H17FN4O. The smallest absolute Gasteiger partial charge is 0.157 e. The lowest BCUT2D eigenvalue weighted by Crippen LogP contribution is -2.06. The third-order valence-corrected chi connectivity index (χ3v) is 2.57. The summed E-state index contributed by atoms with van der Waals surface area (Å²) < 4.78 is 18.6. The summed E-state index contributed by atoms with van der Waals surface area (Å²) in [6.45, 7) is 5.54. The highest BCUT2D eigenvalue weighted by molar-refractivity contribution is 5.61. The molecule has 2 aromatic rings. The van der Waals surface area contributed by atoms with E-state index < -0.39 is 5.82 Å². The zero-order chi connectivity index (χ0) is 14.4. The lowest BCUT2D eigenvalue weighted by atomic mass is 10.2. The minimum atomic E-state index is -0.391. The van der Waals surface area contributed by atoms with E-state index in [1.165, 1.54) is 6.07 Å². The summed E-state index contributed by atoms with van der Waals surface area (Å²) >= 11 is 0. The summed E-state index contributed by atoms with van der Waals surface area (Å²) in [6, 6.07) is 3.17. The van der Waals surface area contributed by atoms with Crippen LogP contribution in [-0.4, -0.2) is 28.1 Å². The van der Waals surface area contributed by atoms with Crippen LogP contribution in [0.2, 0.25) is 0 Å². The van der Waals surface area contributed by atoms with Gasteiger partial charge in [0, 0.05) is 31.0 Å². The lowest BCUT2D eigenvalue weighted by molar-refractivity contribution is 0.128. The highest BCUT2D eigenvalue weighted by atomic mass is 19.1. The van der Waals surface area contributed by atoms with Crippen molar-refractivity contribution >= 4 is 5.82 Å². The maximum Gasteiger partial charge on any atom is 0.157 e. The second-order valence-electron chi connectivity index (χ2n) is 4.11. The molecule has 2 aromatic heterocycles. The Morgan fingerprint density at radius 3 is 2.75 bits per heavy atom. The van der Waals surface area contributed by atoms with Crippen LogP contribution in [0.3, 0.4) is 0 Å². The standard InChI is InChI=1S/C14H17FN4O/c1-3-17-13-6-12(10-5-11(15)8-16-7-10)18-14(19-13)9-20-4-2/h5-8H,3-4,9H2,1-2H3,(H,17,18,19). The summed E-state index contributed by atoms with van der Waals surface area (Å²) in [7, 11) is 0. The van der Waals surface area contributed by atoms with Crippen molar-refractivity contribution in [2.45, 2.75) is 20.5 Å². The van der Waals surface area contributed by atoms with Gasteiger partial charge >= 0.3 is 0 Å². The van der Waals surface area contributed by atoms with Crippen LogP contribution in [0.5, 0.6) is 0 Å². The first-order valence-electron chi connectivity index (χ1n) is 6.53. The number of nitrogens with one attached hydrogen (secondary N) is 1. The summed E-state index contributed by atoms with van der Waals surface area (Å²) in [5.74, 6) is 0.860. The molecule has 0 spiro atoms. The fraction of sp³-hybridized carbons (Fsp3) is 0.357. The Morgan fingerprint density at radius 2 is 2.05 bits per heavy atom. The Bertz CT molecular complexity index is 577. The van der Waals surface area contributed by atoms with Crippen molar-refractivity contribution in [3.63, 3.8) is 0 Å². The summed E-state index contributed by atoms with van der Waals surface area (Å²) in [4.78, 5) is 12.6. The fourth-order valence-electron chi connectivity index (χ4n) is 1.73. The molecule has 0 saturated heterocycles. The number of ether oxygens (including phenoxy) is 1. The first-order valence-corrected chi connectivity index (χ1v) is 6.53. The highest BCUT2D eigenvalue weighted by Crippen LogP contribution is 2.20. The van der Waals surface area contributed by atoms with Gasteiger partial charge in [-0.25, -0.2) is 14.4 Å². The minimum Gasteiger partial charge on any atom is -0.374 e. The van der Waals surface area contributed by atoms with Crippen LogP contribution in [-0.2, 0) is 11.3 Å². The van der Waals surface area contributed by atoms with Gasteiger partial charge in [0.2, 0.25) is 0 Å². The van der Waals surface area contributed by atoms with E-state index in [1.807, 2.05) is 13.8 Å². The summed E-state index contributed by atoms with van der Waals surface area (Å²) in [6.07, 6.45) is 2.74. The van der Waals surface area contributed by atoms with Gasteiger partial charge in [-0.3, -0.25) is 4.98 Å². The molecule has 106 valence electrons. The Kier molecular flexibility index (Phi) is 4.95. The molecule has 0 bridgehead atoms. The number of pyridine rings is 1. The summed E-state index contributed by atoms with van der Waals surface area (Å²) in [5, 5.41) is 3.13. The average Bonchev–Trinajstić information content (AvgIpc) is 2.45. The van der Waals surface area contributed by atoms with Gasteiger partial charge in [0.25, 0.3) is 0 Å². The van der Waals surface area contributed by atoms with E-state index in [2.05, 4.69) is 20.3 Å². The number of rotatable bonds is 6. The molecule has 2 heterocycles. The number of hydrogen-bond acceptors (Lipinski definition) is 5. The Balaban J connectivity index is 2.37. The Hall–Kier alpha value is -2.08. The Morgan fingerprint density at radius 1 is 1.20 bits per heavy atom. The van der Waals surface area contributed by atoms with Gasteiger partial charge in [-0.1, -0.05) is 0 Å². The number of aromatic nitrogens is 3. The number of halogens is 1. The molecule has 0 fully saturated rings. The van der Waals surface area contributed by atoms with Crippen molar-refractivity contribution in [3.05, 3.63) is 36.2 Å². The van der Waals surface area contributed by atoms with Crippen LogP contribution < -0.4 is 5.32 Å². The van der Waals surface area contributed by atoms with Crippen LogP contribution in [0, 0.1) is 5.82 Å². The zero-order valence-corrected chi connectivity index (χ0v) is 11.6. The van der Waals surface area contributed by atoms with Crippen molar-refractivity contribution in [1.82, 2.24) is 15.0 Å². The monoisotopic (exact) mass is 276 g/mol. The second kappa shape index (κ2) is 6.91. The summed E-state index contributed by atoms with van der Waals surface area (Å²) in [5.41, 5.74) is 1.24. The SMILES string of the molecule is CCNc1cc(-c2cncc(F)c2)nc(COCC)n1. The molecule has 0 aliphatic carbocycles. The average molecular weight is 276 g/mol. The Labute approximate surface area is 117 Å². The molecule has 20 heavy (non-hydrogen) atoms. The highest BCUT2D eigenvalue weighted by Gasteiger charge is 2.08. The quantitative estimate of drug-likeness (QED) is 0.879. The van der Waals surface area contributed by atoms with E-state index >= 15 is 0 Å². The molecule has 6 heteroatoms. The van der Waals surface area contributed by atoms with Gasteiger partial charge in [-0.05, 0) is 19.9 Å². The molecule has 0 aromatic carbocycles. The minimum absolute atomic E-state index is 0.325. The fourth-order valence-corrected chi connectivity index (χ4v) is 1.73. The van der Waals surface area contributed by atoms with Crippen LogP contribution in [0.15, 0.2) is 24.5 Å². The van der Waals surface area contributed by atoms with E-state index in [0.29, 0.717) is 36.1 Å². The van der Waals surface area contributed by atoms with Crippen LogP contribution in [0.4, 0.5) is 10.2 Å². The molecule has 5 nitrogen and oxygen atoms in total. The van der Waals surface area contributed by atoms with Gasteiger partial charge in [0.15, 0.2) is 5.82 Å². The number of nitrogens with zero attached hydrogens (tertiary/aromatic N) is 3. The molecule has 0 aliphatic rings. The normalized spacial score (nSPS) is 10.6. The molecule has 0 amide bonds. The third-order valence-electron chi connectivity index (χ3n) is 2.57. The molecule has 0 unspecified atom stereocenters. The van der Waals surface area contributed by atoms with Gasteiger partial charge < -0.3 is 10.1 Å². The maximum atomic E-state index is 13.3. The largest absolute Gasteiger partial charge is 0.374 e. The van der Waals surface area contributed by atoms with Gasteiger partial charge in [-0.2, -0.15) is 0 Å². The third kappa shape index (κ3) is 3.71. The first-order chi connectivity index (χ1) is 9.72. The van der Waals surface area contributed by atoms with Crippen molar-refractivity contribution in [1.29, 1.82) is 0 Å². The lowest BCUT2D eigenvalue weighted by Gasteiger charge is -2.09. The van der Waals surface area contributed by atoms with E-state index in [9.17, 15) is 4.39 Å². The van der Waals surface area contributed by atoms with E-state index in [1.54, 1.807) is 12.3 Å².